The van der Waals surface area contributed by atoms with Crippen LogP contribution in [0.15, 0.2) is 98.1 Å². The fraction of sp³-hybridized carbons (Fsp3) is 0.278. The first-order chi connectivity index (χ1) is 22.4. The Morgan fingerprint density at radius 1 is 0.457 bits per heavy atom. The number of hydrogen-bond donors (Lipinski definition) is 0. The summed E-state index contributed by atoms with van der Waals surface area (Å²) in [6, 6.07) is 19.4. The molecule has 3 aromatic carbocycles. The van der Waals surface area contributed by atoms with Crippen LogP contribution in [0.1, 0.15) is 59.2 Å². The smallest absolute Gasteiger partial charge is 0.343 e. The molecule has 10 nitrogen and oxygen atoms in total. The molecule has 0 heterocycles. The average Bonchev–Trinajstić information content (AvgIpc) is 3.08. The van der Waals surface area contributed by atoms with Gasteiger partial charge in [-0.1, -0.05) is 13.2 Å². The van der Waals surface area contributed by atoms with Crippen LogP contribution in [0.4, 0.5) is 0 Å². The van der Waals surface area contributed by atoms with E-state index in [0.29, 0.717) is 73.4 Å². The molecule has 0 aliphatic rings. The Morgan fingerprint density at radius 2 is 0.783 bits per heavy atom. The van der Waals surface area contributed by atoms with Gasteiger partial charge in [-0.15, -0.1) is 0 Å². The number of benzene rings is 3. The van der Waals surface area contributed by atoms with Crippen molar-refractivity contribution in [2.45, 2.75) is 38.5 Å². The summed E-state index contributed by atoms with van der Waals surface area (Å²) in [4.78, 5) is 47.1. The van der Waals surface area contributed by atoms with Gasteiger partial charge < -0.3 is 28.4 Å². The molecule has 0 amide bonds. The third kappa shape index (κ3) is 13.1. The molecule has 46 heavy (non-hydrogen) atoms. The molecule has 242 valence electrons. The first-order valence-electron chi connectivity index (χ1n) is 15.0. The van der Waals surface area contributed by atoms with Crippen LogP contribution in [-0.2, 0) is 19.1 Å². The van der Waals surface area contributed by atoms with Gasteiger partial charge in [0.05, 0.1) is 37.6 Å². The number of hydrogen-bond acceptors (Lipinski definition) is 10. The molecule has 0 aliphatic heterocycles. The lowest BCUT2D eigenvalue weighted by atomic mass is 10.2. The van der Waals surface area contributed by atoms with Crippen molar-refractivity contribution < 1.29 is 47.6 Å². The molecule has 0 aromatic heterocycles. The predicted molar refractivity (Wildman–Crippen MR) is 170 cm³/mol. The van der Waals surface area contributed by atoms with Crippen LogP contribution in [0.3, 0.4) is 0 Å². The van der Waals surface area contributed by atoms with Gasteiger partial charge >= 0.3 is 23.9 Å². The number of carbonyl (C=O) groups is 4. The van der Waals surface area contributed by atoms with Crippen LogP contribution < -0.4 is 18.9 Å². The highest BCUT2D eigenvalue weighted by atomic mass is 16.5. The maximum atomic E-state index is 12.6. The van der Waals surface area contributed by atoms with Crippen LogP contribution in [0.2, 0.25) is 0 Å². The van der Waals surface area contributed by atoms with Crippen LogP contribution in [0, 0.1) is 0 Å². The average molecular weight is 631 g/mol. The van der Waals surface area contributed by atoms with E-state index in [1.54, 1.807) is 48.5 Å². The summed E-state index contributed by atoms with van der Waals surface area (Å²) in [6.45, 7) is 8.35. The Hall–Kier alpha value is -5.38. The minimum atomic E-state index is -0.547. The molecule has 0 saturated heterocycles. The molecule has 3 rings (SSSR count). The zero-order chi connectivity index (χ0) is 33.0. The van der Waals surface area contributed by atoms with E-state index in [0.717, 1.165) is 37.8 Å². The first kappa shape index (κ1) is 35.1. The zero-order valence-electron chi connectivity index (χ0n) is 25.7. The van der Waals surface area contributed by atoms with E-state index >= 15 is 0 Å². The van der Waals surface area contributed by atoms with Gasteiger partial charge in [0.15, 0.2) is 0 Å². The summed E-state index contributed by atoms with van der Waals surface area (Å²) in [5.41, 5.74) is 0.703. The van der Waals surface area contributed by atoms with Crippen molar-refractivity contribution in [2.75, 3.05) is 26.4 Å². The molecular formula is C36H38O10. The third-order valence-electron chi connectivity index (χ3n) is 6.36. The van der Waals surface area contributed by atoms with E-state index in [2.05, 4.69) is 13.2 Å². The molecule has 0 fully saturated rings. The van der Waals surface area contributed by atoms with Gasteiger partial charge in [0, 0.05) is 12.2 Å². The van der Waals surface area contributed by atoms with Gasteiger partial charge in [-0.3, -0.25) is 0 Å². The fourth-order valence-corrected chi connectivity index (χ4v) is 3.89. The van der Waals surface area contributed by atoms with E-state index in [1.807, 2.05) is 0 Å². The standard InChI is InChI=1S/C36H38O10/c1-3-33(37)43-25-8-6-5-7-23-41-29-15-11-27(12-16-29)35(39)45-31-19-21-32(22-20-31)46-36(40)28-13-17-30(18-14-28)42-24-9-10-26-44-34(38)4-2/h3-4,11-22H,1-2,5-10,23-26H2. The number of unbranched alkanes of at least 4 members (excludes halogenated alkanes) is 4. The molecule has 0 radical (unpaired) electrons. The molecule has 10 heteroatoms. The summed E-state index contributed by atoms with van der Waals surface area (Å²) in [7, 11) is 0. The fourth-order valence-electron chi connectivity index (χ4n) is 3.89. The zero-order valence-corrected chi connectivity index (χ0v) is 25.7. The van der Waals surface area contributed by atoms with Gasteiger partial charge in [0.25, 0.3) is 0 Å². The maximum Gasteiger partial charge on any atom is 0.343 e. The second-order valence-corrected chi connectivity index (χ2v) is 9.86. The van der Waals surface area contributed by atoms with Crippen molar-refractivity contribution >= 4 is 23.9 Å². The van der Waals surface area contributed by atoms with E-state index in [1.165, 1.54) is 24.3 Å². The van der Waals surface area contributed by atoms with Gasteiger partial charge in [-0.25, -0.2) is 19.2 Å². The SMILES string of the molecule is C=CC(=O)OCCCCCCOc1ccc(C(=O)Oc2ccc(OC(=O)c3ccc(OCCCCOC(=O)C=C)cc3)cc2)cc1. The largest absolute Gasteiger partial charge is 0.494 e. The molecule has 0 saturated carbocycles. The Bertz CT molecular complexity index is 1430. The number of carbonyl (C=O) groups excluding carboxylic acids is 4. The molecule has 0 N–H and O–H groups in total. The van der Waals surface area contributed by atoms with Crippen molar-refractivity contribution in [1.82, 2.24) is 0 Å². The topological polar surface area (TPSA) is 124 Å². The number of esters is 4. The van der Waals surface area contributed by atoms with Crippen molar-refractivity contribution in [3.63, 3.8) is 0 Å². The molecule has 0 atom stereocenters. The Labute approximate surface area is 268 Å². The molecule has 3 aromatic rings. The summed E-state index contributed by atoms with van der Waals surface area (Å²) >= 11 is 0. The second-order valence-electron chi connectivity index (χ2n) is 9.86. The van der Waals surface area contributed by atoms with E-state index in [4.69, 9.17) is 28.4 Å². The van der Waals surface area contributed by atoms with Crippen LogP contribution >= 0.6 is 0 Å². The predicted octanol–water partition coefficient (Wildman–Crippen LogP) is 6.68. The quantitative estimate of drug-likeness (QED) is 0.0578. The Balaban J connectivity index is 1.34. The maximum absolute atomic E-state index is 12.6. The molecule has 0 spiro atoms. The van der Waals surface area contributed by atoms with E-state index in [-0.39, 0.29) is 0 Å². The lowest BCUT2D eigenvalue weighted by molar-refractivity contribution is -0.138. The van der Waals surface area contributed by atoms with Crippen LogP contribution in [0.5, 0.6) is 23.0 Å². The van der Waals surface area contributed by atoms with Gasteiger partial charge in [0.2, 0.25) is 0 Å². The first-order valence-corrected chi connectivity index (χ1v) is 15.0. The Morgan fingerprint density at radius 3 is 1.17 bits per heavy atom. The summed E-state index contributed by atoms with van der Waals surface area (Å²) in [5, 5.41) is 0. The number of ether oxygens (including phenoxy) is 6. The van der Waals surface area contributed by atoms with Gasteiger partial charge in [-0.05, 0) is 111 Å². The van der Waals surface area contributed by atoms with E-state index in [9.17, 15) is 19.2 Å². The highest BCUT2D eigenvalue weighted by Crippen LogP contribution is 2.21. The molecule has 0 aliphatic carbocycles. The second kappa shape index (κ2) is 19.8. The lowest BCUT2D eigenvalue weighted by Gasteiger charge is -2.09. The van der Waals surface area contributed by atoms with Crippen LogP contribution in [-0.4, -0.2) is 50.3 Å². The summed E-state index contributed by atoms with van der Waals surface area (Å²) < 4.78 is 32.1. The highest BCUT2D eigenvalue weighted by molar-refractivity contribution is 5.92. The lowest BCUT2D eigenvalue weighted by Crippen LogP contribution is -2.10. The minimum absolute atomic E-state index is 0.292. The van der Waals surface area contributed by atoms with Crippen LogP contribution in [0.25, 0.3) is 0 Å². The minimum Gasteiger partial charge on any atom is -0.494 e. The van der Waals surface area contributed by atoms with E-state index < -0.39 is 23.9 Å². The molecule has 0 bridgehead atoms. The molecule has 0 unspecified atom stereocenters. The summed E-state index contributed by atoms with van der Waals surface area (Å²) in [5.74, 6) is -0.108. The normalized spacial score (nSPS) is 10.3. The monoisotopic (exact) mass is 630 g/mol. The number of rotatable bonds is 20. The van der Waals surface area contributed by atoms with Crippen molar-refractivity contribution in [3.8, 4) is 23.0 Å². The summed E-state index contributed by atoms with van der Waals surface area (Å²) in [6.07, 6.45) is 7.14. The van der Waals surface area contributed by atoms with Gasteiger partial charge in [-0.2, -0.15) is 0 Å². The highest BCUT2D eigenvalue weighted by Gasteiger charge is 2.12. The molecular weight excluding hydrogens is 592 g/mol. The van der Waals surface area contributed by atoms with Crippen molar-refractivity contribution in [3.05, 3.63) is 109 Å². The van der Waals surface area contributed by atoms with Crippen molar-refractivity contribution in [1.29, 1.82) is 0 Å². The Kier molecular flexibility index (Phi) is 15.1. The third-order valence-corrected chi connectivity index (χ3v) is 6.36. The van der Waals surface area contributed by atoms with Crippen molar-refractivity contribution in [2.24, 2.45) is 0 Å². The van der Waals surface area contributed by atoms with Gasteiger partial charge in [0.1, 0.15) is 23.0 Å².